The molecule has 1 aromatic heterocycles. The predicted octanol–water partition coefficient (Wildman–Crippen LogP) is 0.721. The monoisotopic (exact) mass is 327 g/mol. The van der Waals surface area contributed by atoms with Crippen LogP contribution in [0.3, 0.4) is 0 Å². The number of piperidine rings is 1. The van der Waals surface area contributed by atoms with E-state index in [1.54, 1.807) is 0 Å². The van der Waals surface area contributed by atoms with Crippen LogP contribution < -0.4 is 5.32 Å². The van der Waals surface area contributed by atoms with E-state index in [1.165, 1.54) is 22.8 Å². The summed E-state index contributed by atoms with van der Waals surface area (Å²) in [6.45, 7) is 2.49. The van der Waals surface area contributed by atoms with Gasteiger partial charge in [0.15, 0.2) is 0 Å². The molecule has 7 nitrogen and oxygen atoms in total. The second kappa shape index (κ2) is 7.06. The van der Waals surface area contributed by atoms with Gasteiger partial charge in [0.05, 0.1) is 17.5 Å². The third kappa shape index (κ3) is 4.17. The van der Waals surface area contributed by atoms with Gasteiger partial charge in [0.2, 0.25) is 10.0 Å². The van der Waals surface area contributed by atoms with Crippen molar-refractivity contribution in [3.8, 4) is 5.75 Å². The molecule has 1 aromatic rings. The Hall–Kier alpha value is -1.67. The standard InChI is InChI=1S/C14H21N3O4S/c1-11-4-2-3-6-17(11)22(20,21)7-5-16-14(19)12-8-13(18)10-15-9-12/h8-11,18H,2-7H2,1H3,(H,16,19)/t11-/m1/s1. The number of rotatable bonds is 5. The van der Waals surface area contributed by atoms with Crippen molar-refractivity contribution >= 4 is 15.9 Å². The van der Waals surface area contributed by atoms with Crippen molar-refractivity contribution in [3.63, 3.8) is 0 Å². The lowest BCUT2D eigenvalue weighted by atomic mass is 10.1. The van der Waals surface area contributed by atoms with E-state index in [9.17, 15) is 18.3 Å². The predicted molar refractivity (Wildman–Crippen MR) is 82.0 cm³/mol. The highest BCUT2D eigenvalue weighted by atomic mass is 32.2. The van der Waals surface area contributed by atoms with Gasteiger partial charge in [-0.25, -0.2) is 8.42 Å². The molecular weight excluding hydrogens is 306 g/mol. The second-order valence-electron chi connectivity index (χ2n) is 5.46. The van der Waals surface area contributed by atoms with Gasteiger partial charge in [0.1, 0.15) is 5.75 Å². The number of aromatic hydroxyl groups is 1. The molecular formula is C14H21N3O4S. The van der Waals surface area contributed by atoms with Crippen LogP contribution in [0.25, 0.3) is 0 Å². The van der Waals surface area contributed by atoms with Gasteiger partial charge in [-0.2, -0.15) is 4.31 Å². The van der Waals surface area contributed by atoms with Gasteiger partial charge >= 0.3 is 0 Å². The first-order valence-corrected chi connectivity index (χ1v) is 8.93. The minimum atomic E-state index is -3.36. The molecule has 1 amide bonds. The molecule has 0 bridgehead atoms. The molecule has 0 radical (unpaired) electrons. The number of nitrogens with zero attached hydrogens (tertiary/aromatic N) is 2. The molecule has 0 aromatic carbocycles. The summed E-state index contributed by atoms with van der Waals surface area (Å²) in [6.07, 6.45) is 5.34. The fraction of sp³-hybridized carbons (Fsp3) is 0.571. The number of amides is 1. The van der Waals surface area contributed by atoms with Gasteiger partial charge in [-0.05, 0) is 25.8 Å². The molecule has 122 valence electrons. The van der Waals surface area contributed by atoms with Crippen LogP contribution in [-0.4, -0.2) is 53.6 Å². The Morgan fingerprint density at radius 3 is 2.91 bits per heavy atom. The van der Waals surface area contributed by atoms with Crippen LogP contribution in [0.1, 0.15) is 36.5 Å². The molecule has 0 spiro atoms. The average molecular weight is 327 g/mol. The van der Waals surface area contributed by atoms with E-state index in [-0.39, 0.29) is 29.7 Å². The van der Waals surface area contributed by atoms with Crippen molar-refractivity contribution in [2.24, 2.45) is 0 Å². The number of nitrogens with one attached hydrogen (secondary N) is 1. The maximum Gasteiger partial charge on any atom is 0.253 e. The minimum absolute atomic E-state index is 0.0183. The molecule has 1 aliphatic rings. The number of hydrogen-bond acceptors (Lipinski definition) is 5. The van der Waals surface area contributed by atoms with Crippen molar-refractivity contribution in [2.45, 2.75) is 32.2 Å². The highest BCUT2D eigenvalue weighted by Gasteiger charge is 2.29. The van der Waals surface area contributed by atoms with Crippen molar-refractivity contribution in [1.29, 1.82) is 0 Å². The van der Waals surface area contributed by atoms with Gasteiger partial charge in [-0.1, -0.05) is 6.42 Å². The first-order valence-electron chi connectivity index (χ1n) is 7.32. The largest absolute Gasteiger partial charge is 0.506 e. The number of carbonyl (C=O) groups is 1. The lowest BCUT2D eigenvalue weighted by molar-refractivity contribution is 0.0955. The Balaban J connectivity index is 1.88. The second-order valence-corrected chi connectivity index (χ2v) is 7.50. The van der Waals surface area contributed by atoms with Crippen molar-refractivity contribution in [3.05, 3.63) is 24.0 Å². The van der Waals surface area contributed by atoms with Crippen molar-refractivity contribution in [2.75, 3.05) is 18.8 Å². The number of carbonyl (C=O) groups excluding carboxylic acids is 1. The third-order valence-corrected chi connectivity index (χ3v) is 5.71. The quantitative estimate of drug-likeness (QED) is 0.830. The molecule has 0 aliphatic carbocycles. The molecule has 2 rings (SSSR count). The molecule has 22 heavy (non-hydrogen) atoms. The fourth-order valence-corrected chi connectivity index (χ4v) is 4.21. The zero-order chi connectivity index (χ0) is 16.2. The van der Waals surface area contributed by atoms with Crippen LogP contribution in [0.15, 0.2) is 18.5 Å². The van der Waals surface area contributed by atoms with E-state index in [1.807, 2.05) is 6.92 Å². The van der Waals surface area contributed by atoms with Gasteiger partial charge in [0.25, 0.3) is 5.91 Å². The highest BCUT2D eigenvalue weighted by Crippen LogP contribution is 2.20. The molecule has 2 heterocycles. The first kappa shape index (κ1) is 16.7. The van der Waals surface area contributed by atoms with Gasteiger partial charge in [0, 0.05) is 25.3 Å². The Morgan fingerprint density at radius 1 is 1.45 bits per heavy atom. The van der Waals surface area contributed by atoms with E-state index >= 15 is 0 Å². The molecule has 0 unspecified atom stereocenters. The van der Waals surface area contributed by atoms with E-state index in [0.717, 1.165) is 19.3 Å². The number of aromatic nitrogens is 1. The number of pyridine rings is 1. The Kier molecular flexibility index (Phi) is 5.36. The summed E-state index contributed by atoms with van der Waals surface area (Å²) in [5.41, 5.74) is 0.198. The Bertz CT molecular complexity index is 633. The lowest BCUT2D eigenvalue weighted by Crippen LogP contribution is -2.45. The zero-order valence-electron chi connectivity index (χ0n) is 12.5. The molecule has 0 saturated carbocycles. The van der Waals surface area contributed by atoms with Crippen LogP contribution >= 0.6 is 0 Å². The first-order chi connectivity index (χ1) is 10.4. The summed E-state index contributed by atoms with van der Waals surface area (Å²) >= 11 is 0. The average Bonchev–Trinajstić information content (AvgIpc) is 2.47. The van der Waals surface area contributed by atoms with Gasteiger partial charge < -0.3 is 10.4 Å². The van der Waals surface area contributed by atoms with Gasteiger partial charge in [-0.15, -0.1) is 0 Å². The van der Waals surface area contributed by atoms with E-state index in [2.05, 4.69) is 10.3 Å². The Labute approximate surface area is 130 Å². The third-order valence-electron chi connectivity index (χ3n) is 3.73. The summed E-state index contributed by atoms with van der Waals surface area (Å²) in [5.74, 6) is -0.692. The van der Waals surface area contributed by atoms with E-state index in [0.29, 0.717) is 6.54 Å². The molecule has 1 aliphatic heterocycles. The maximum atomic E-state index is 12.3. The van der Waals surface area contributed by atoms with Crippen LogP contribution in [0.4, 0.5) is 0 Å². The van der Waals surface area contributed by atoms with Crippen LogP contribution in [0.2, 0.25) is 0 Å². The molecule has 8 heteroatoms. The number of sulfonamides is 1. The summed E-state index contributed by atoms with van der Waals surface area (Å²) in [5, 5.41) is 11.8. The van der Waals surface area contributed by atoms with Crippen LogP contribution in [0, 0.1) is 0 Å². The maximum absolute atomic E-state index is 12.3. The van der Waals surface area contributed by atoms with Crippen molar-refractivity contribution < 1.29 is 18.3 Å². The molecule has 1 fully saturated rings. The van der Waals surface area contributed by atoms with Crippen molar-refractivity contribution in [1.82, 2.24) is 14.6 Å². The van der Waals surface area contributed by atoms with E-state index < -0.39 is 15.9 Å². The highest BCUT2D eigenvalue weighted by molar-refractivity contribution is 7.89. The topological polar surface area (TPSA) is 99.6 Å². The van der Waals surface area contributed by atoms with Gasteiger partial charge in [-0.3, -0.25) is 9.78 Å². The molecule has 2 N–H and O–H groups in total. The summed E-state index contributed by atoms with van der Waals surface area (Å²) in [6, 6.07) is 1.30. The summed E-state index contributed by atoms with van der Waals surface area (Å²) in [4.78, 5) is 15.6. The zero-order valence-corrected chi connectivity index (χ0v) is 13.3. The number of hydrogen-bond donors (Lipinski definition) is 2. The minimum Gasteiger partial charge on any atom is -0.506 e. The summed E-state index contributed by atoms with van der Waals surface area (Å²) < 4.78 is 26.1. The SMILES string of the molecule is C[C@@H]1CCCCN1S(=O)(=O)CCNC(=O)c1cncc(O)c1. The molecule has 1 saturated heterocycles. The fourth-order valence-electron chi connectivity index (χ4n) is 2.55. The smallest absolute Gasteiger partial charge is 0.253 e. The van der Waals surface area contributed by atoms with Crippen LogP contribution in [0.5, 0.6) is 5.75 Å². The molecule has 1 atom stereocenters. The summed E-state index contributed by atoms with van der Waals surface area (Å²) in [7, 11) is -3.36. The van der Waals surface area contributed by atoms with E-state index in [4.69, 9.17) is 0 Å². The normalized spacial score (nSPS) is 19.8. The lowest BCUT2D eigenvalue weighted by Gasteiger charge is -2.32. The van der Waals surface area contributed by atoms with Crippen LogP contribution in [-0.2, 0) is 10.0 Å². The Morgan fingerprint density at radius 2 is 2.23 bits per heavy atom.